The summed E-state index contributed by atoms with van der Waals surface area (Å²) < 4.78 is 2.71. The van der Waals surface area contributed by atoms with Crippen LogP contribution >= 0.6 is 31.9 Å². The zero-order valence-electron chi connectivity index (χ0n) is 6.96. The Morgan fingerprint density at radius 2 is 2.23 bits per heavy atom. The first-order valence-electron chi connectivity index (χ1n) is 3.75. The molecule has 2 aromatic rings. The standard InChI is InChI=1S/C8H7Br2N3/c1-13-7-5(2-9)3-11-8(10)6(7)4-12-13/h3-4H,2H2,1H3. The van der Waals surface area contributed by atoms with Crippen LogP contribution in [0.5, 0.6) is 0 Å². The molecule has 0 atom stereocenters. The molecule has 0 unspecified atom stereocenters. The number of halogens is 2. The van der Waals surface area contributed by atoms with Gasteiger partial charge in [-0.15, -0.1) is 0 Å². The number of hydrogen-bond acceptors (Lipinski definition) is 2. The third-order valence-corrected chi connectivity index (χ3v) is 3.18. The molecule has 0 aliphatic carbocycles. The molecule has 0 amide bonds. The van der Waals surface area contributed by atoms with Gasteiger partial charge in [-0.25, -0.2) is 4.98 Å². The van der Waals surface area contributed by atoms with E-state index in [4.69, 9.17) is 0 Å². The van der Waals surface area contributed by atoms with Crippen molar-refractivity contribution in [2.75, 3.05) is 0 Å². The summed E-state index contributed by atoms with van der Waals surface area (Å²) in [5, 5.41) is 6.04. The van der Waals surface area contributed by atoms with E-state index in [0.29, 0.717) is 0 Å². The van der Waals surface area contributed by atoms with Crippen molar-refractivity contribution >= 4 is 42.8 Å². The van der Waals surface area contributed by atoms with E-state index in [0.717, 1.165) is 26.4 Å². The third kappa shape index (κ3) is 1.40. The molecule has 13 heavy (non-hydrogen) atoms. The van der Waals surface area contributed by atoms with Crippen LogP contribution in [0.4, 0.5) is 0 Å². The van der Waals surface area contributed by atoms with Crippen LogP contribution in [-0.2, 0) is 12.4 Å². The minimum Gasteiger partial charge on any atom is -0.267 e. The molecule has 0 saturated heterocycles. The van der Waals surface area contributed by atoms with Gasteiger partial charge in [-0.2, -0.15) is 5.10 Å². The van der Waals surface area contributed by atoms with Gasteiger partial charge in [0.15, 0.2) is 0 Å². The van der Waals surface area contributed by atoms with Crippen molar-refractivity contribution < 1.29 is 0 Å². The number of aryl methyl sites for hydroxylation is 1. The summed E-state index contributed by atoms with van der Waals surface area (Å²) in [7, 11) is 1.93. The first kappa shape index (κ1) is 9.15. The number of rotatable bonds is 1. The lowest BCUT2D eigenvalue weighted by molar-refractivity contribution is 0.794. The molecule has 0 aliphatic rings. The van der Waals surface area contributed by atoms with Crippen molar-refractivity contribution in [2.24, 2.45) is 7.05 Å². The molecule has 2 aromatic heterocycles. The van der Waals surface area contributed by atoms with E-state index < -0.39 is 0 Å². The summed E-state index contributed by atoms with van der Waals surface area (Å²) in [6.45, 7) is 0. The van der Waals surface area contributed by atoms with Crippen molar-refractivity contribution in [3.63, 3.8) is 0 Å². The molecule has 0 N–H and O–H groups in total. The Morgan fingerprint density at radius 3 is 2.92 bits per heavy atom. The van der Waals surface area contributed by atoms with Crippen molar-refractivity contribution in [3.05, 3.63) is 22.6 Å². The Morgan fingerprint density at radius 1 is 1.46 bits per heavy atom. The van der Waals surface area contributed by atoms with E-state index in [9.17, 15) is 0 Å². The lowest BCUT2D eigenvalue weighted by Gasteiger charge is -2.01. The maximum atomic E-state index is 4.22. The van der Waals surface area contributed by atoms with Gasteiger partial charge < -0.3 is 0 Å². The molecule has 0 aliphatic heterocycles. The van der Waals surface area contributed by atoms with E-state index in [1.165, 1.54) is 0 Å². The smallest absolute Gasteiger partial charge is 0.117 e. The summed E-state index contributed by atoms with van der Waals surface area (Å²) in [4.78, 5) is 4.22. The maximum absolute atomic E-state index is 4.22. The van der Waals surface area contributed by atoms with E-state index in [-0.39, 0.29) is 0 Å². The fraction of sp³-hybridized carbons (Fsp3) is 0.250. The van der Waals surface area contributed by atoms with Gasteiger partial charge >= 0.3 is 0 Å². The predicted octanol–water partition coefficient (Wildman–Crippen LogP) is 2.63. The fourth-order valence-electron chi connectivity index (χ4n) is 1.33. The van der Waals surface area contributed by atoms with E-state index in [1.54, 1.807) is 0 Å². The second kappa shape index (κ2) is 3.38. The van der Waals surface area contributed by atoms with Gasteiger partial charge in [0.1, 0.15) is 4.60 Å². The molecule has 0 saturated carbocycles. The SMILES string of the molecule is Cn1ncc2c(Br)ncc(CBr)c21. The number of aromatic nitrogens is 3. The summed E-state index contributed by atoms with van der Waals surface area (Å²) in [6, 6.07) is 0. The maximum Gasteiger partial charge on any atom is 0.117 e. The Kier molecular flexibility index (Phi) is 2.38. The highest BCUT2D eigenvalue weighted by molar-refractivity contribution is 9.10. The number of hydrogen-bond donors (Lipinski definition) is 0. The van der Waals surface area contributed by atoms with Gasteiger partial charge in [0, 0.05) is 24.1 Å². The zero-order chi connectivity index (χ0) is 9.42. The van der Waals surface area contributed by atoms with Crippen LogP contribution in [0.2, 0.25) is 0 Å². The molecule has 0 spiro atoms. The molecule has 2 heterocycles. The average molecular weight is 305 g/mol. The average Bonchev–Trinajstić information content (AvgIpc) is 2.51. The van der Waals surface area contributed by atoms with Gasteiger partial charge in [0.05, 0.1) is 17.1 Å². The van der Waals surface area contributed by atoms with Crippen LogP contribution in [0, 0.1) is 0 Å². The number of fused-ring (bicyclic) bond motifs is 1. The molecule has 0 fully saturated rings. The summed E-state index contributed by atoms with van der Waals surface area (Å²) in [6.07, 6.45) is 3.67. The highest BCUT2D eigenvalue weighted by atomic mass is 79.9. The van der Waals surface area contributed by atoms with Crippen LogP contribution in [0.15, 0.2) is 17.0 Å². The molecule has 3 nitrogen and oxygen atoms in total. The molecular formula is C8H7Br2N3. The van der Waals surface area contributed by atoms with Crippen molar-refractivity contribution in [1.29, 1.82) is 0 Å². The van der Waals surface area contributed by atoms with Crippen LogP contribution < -0.4 is 0 Å². The van der Waals surface area contributed by atoms with E-state index >= 15 is 0 Å². The Balaban J connectivity index is 2.88. The van der Waals surface area contributed by atoms with Gasteiger partial charge in [0.25, 0.3) is 0 Å². The zero-order valence-corrected chi connectivity index (χ0v) is 10.1. The minimum atomic E-state index is 0.795. The molecule has 0 aromatic carbocycles. The third-order valence-electron chi connectivity index (χ3n) is 1.94. The largest absolute Gasteiger partial charge is 0.267 e. The van der Waals surface area contributed by atoms with Gasteiger partial charge in [0.2, 0.25) is 0 Å². The first-order chi connectivity index (χ1) is 6.24. The molecule has 0 bridgehead atoms. The quantitative estimate of drug-likeness (QED) is 0.599. The number of nitrogens with zero attached hydrogens (tertiary/aromatic N) is 3. The topological polar surface area (TPSA) is 30.7 Å². The Hall–Kier alpha value is -0.420. The highest BCUT2D eigenvalue weighted by Gasteiger charge is 2.08. The monoisotopic (exact) mass is 303 g/mol. The minimum absolute atomic E-state index is 0.795. The summed E-state index contributed by atoms with van der Waals surface area (Å²) in [5.74, 6) is 0. The molecular weight excluding hydrogens is 298 g/mol. The van der Waals surface area contributed by atoms with Gasteiger partial charge in [-0.3, -0.25) is 4.68 Å². The molecule has 68 valence electrons. The predicted molar refractivity (Wildman–Crippen MR) is 58.8 cm³/mol. The second-order valence-corrected chi connectivity index (χ2v) is 4.05. The second-order valence-electron chi connectivity index (χ2n) is 2.74. The van der Waals surface area contributed by atoms with Crippen LogP contribution in [0.3, 0.4) is 0 Å². The van der Waals surface area contributed by atoms with Crippen molar-refractivity contribution in [2.45, 2.75) is 5.33 Å². The van der Waals surface area contributed by atoms with Crippen LogP contribution in [0.25, 0.3) is 10.9 Å². The highest BCUT2D eigenvalue weighted by Crippen LogP contribution is 2.25. The molecule has 2 rings (SSSR count). The van der Waals surface area contributed by atoms with E-state index in [1.807, 2.05) is 24.1 Å². The molecule has 5 heteroatoms. The van der Waals surface area contributed by atoms with Gasteiger partial charge in [-0.05, 0) is 15.9 Å². The Labute approximate surface area is 92.4 Å². The van der Waals surface area contributed by atoms with Crippen LogP contribution in [-0.4, -0.2) is 14.8 Å². The number of alkyl halides is 1. The first-order valence-corrected chi connectivity index (χ1v) is 5.66. The lowest BCUT2D eigenvalue weighted by atomic mass is 10.2. The van der Waals surface area contributed by atoms with Gasteiger partial charge in [-0.1, -0.05) is 15.9 Å². The van der Waals surface area contributed by atoms with Crippen molar-refractivity contribution in [3.8, 4) is 0 Å². The summed E-state index contributed by atoms with van der Waals surface area (Å²) in [5.41, 5.74) is 2.27. The van der Waals surface area contributed by atoms with Crippen molar-refractivity contribution in [1.82, 2.24) is 14.8 Å². The lowest BCUT2D eigenvalue weighted by Crippen LogP contribution is -1.93. The normalized spacial score (nSPS) is 11.0. The summed E-state index contributed by atoms with van der Waals surface area (Å²) >= 11 is 6.82. The Bertz CT molecular complexity index is 450. The number of pyridine rings is 1. The fourth-order valence-corrected chi connectivity index (χ4v) is 2.14. The molecule has 0 radical (unpaired) electrons. The van der Waals surface area contributed by atoms with Crippen LogP contribution in [0.1, 0.15) is 5.56 Å². The van der Waals surface area contributed by atoms with E-state index in [2.05, 4.69) is 41.9 Å².